The van der Waals surface area contributed by atoms with Crippen LogP contribution in [0.4, 0.5) is 13.2 Å². The zero-order chi connectivity index (χ0) is 14.3. The van der Waals surface area contributed by atoms with Gasteiger partial charge in [-0.15, -0.1) is 0 Å². The maximum atomic E-state index is 13.1. The summed E-state index contributed by atoms with van der Waals surface area (Å²) >= 11 is 0. The summed E-state index contributed by atoms with van der Waals surface area (Å²) in [4.78, 5) is 14.8. The second-order valence-electron chi connectivity index (χ2n) is 5.06. The summed E-state index contributed by atoms with van der Waals surface area (Å²) in [6.45, 7) is 1.78. The molecule has 1 aromatic rings. The summed E-state index contributed by atoms with van der Waals surface area (Å²) in [5, 5.41) is 8.86. The molecule has 1 aliphatic rings. The van der Waals surface area contributed by atoms with Gasteiger partial charge < -0.3 is 12.5 Å². The molecule has 0 amide bonds. The Balaban J connectivity index is 0.00000200. The number of aliphatic carboxylic acids is 1. The maximum Gasteiger partial charge on any atom is 1.00 e. The predicted molar refractivity (Wildman–Crippen MR) is 68.1 cm³/mol. The number of carboxylic acid groups (broad SMARTS) is 1. The van der Waals surface area contributed by atoms with Gasteiger partial charge in [-0.05, 0) is 31.4 Å². The van der Waals surface area contributed by atoms with Crippen LogP contribution < -0.4 is 68.9 Å². The monoisotopic (exact) mass is 421 g/mol. The Kier molecular flexibility index (Phi) is 8.00. The van der Waals surface area contributed by atoms with Crippen molar-refractivity contribution in [1.29, 1.82) is 0 Å². The van der Waals surface area contributed by atoms with Crippen molar-refractivity contribution in [3.63, 3.8) is 0 Å². The first-order chi connectivity index (χ1) is 8.76. The molecule has 1 atom stereocenters. The van der Waals surface area contributed by atoms with E-state index < -0.39 is 29.9 Å². The van der Waals surface area contributed by atoms with Crippen molar-refractivity contribution in [2.45, 2.75) is 38.3 Å². The van der Waals surface area contributed by atoms with E-state index >= 15 is 0 Å². The van der Waals surface area contributed by atoms with E-state index in [1.807, 2.05) is 0 Å². The van der Waals surface area contributed by atoms with Crippen LogP contribution in [0, 0.1) is 19.8 Å². The van der Waals surface area contributed by atoms with E-state index in [4.69, 9.17) is 5.11 Å². The summed E-state index contributed by atoms with van der Waals surface area (Å²) in [6, 6.07) is 3.15. The molecule has 0 spiro atoms. The van der Waals surface area contributed by atoms with Gasteiger partial charge in [0, 0.05) is 17.8 Å². The van der Waals surface area contributed by atoms with Crippen molar-refractivity contribution >= 4 is 5.97 Å². The van der Waals surface area contributed by atoms with Crippen molar-refractivity contribution in [3.05, 3.63) is 37.0 Å². The van der Waals surface area contributed by atoms with Gasteiger partial charge in [-0.1, -0.05) is 6.07 Å². The number of pyridine rings is 1. The van der Waals surface area contributed by atoms with Gasteiger partial charge in [-0.2, -0.15) is 13.2 Å². The number of rotatable bonds is 4. The maximum absolute atomic E-state index is 13.1. The molecule has 2 rings (SSSR count). The average Bonchev–Trinajstić information content (AvgIpc) is 3.07. The van der Waals surface area contributed by atoms with E-state index in [-0.39, 0.29) is 94.9 Å². The predicted octanol–water partition coefficient (Wildman–Crippen LogP) is 0.745. The molecule has 0 saturated heterocycles. The first-order valence-corrected chi connectivity index (χ1v) is 5.97. The Hall–Kier alpha value is 0.462. The number of halogens is 3. The van der Waals surface area contributed by atoms with Crippen molar-refractivity contribution in [2.75, 3.05) is 0 Å². The van der Waals surface area contributed by atoms with E-state index in [1.54, 1.807) is 13.0 Å². The third-order valence-electron chi connectivity index (χ3n) is 3.69. The molecule has 1 aromatic heterocycles. The van der Waals surface area contributed by atoms with Crippen LogP contribution in [-0.4, -0.2) is 22.2 Å². The van der Waals surface area contributed by atoms with E-state index in [2.05, 4.69) is 4.98 Å². The van der Waals surface area contributed by atoms with Gasteiger partial charge in [0.15, 0.2) is 0 Å². The Labute approximate surface area is 181 Å². The summed E-state index contributed by atoms with van der Waals surface area (Å²) in [6.07, 6.45) is -3.51. The molecule has 112 valence electrons. The van der Waals surface area contributed by atoms with E-state index in [0.717, 1.165) is 5.56 Å². The van der Waals surface area contributed by atoms with E-state index in [0.29, 0.717) is 0 Å². The van der Waals surface area contributed by atoms with Gasteiger partial charge >= 0.3 is 81.0 Å². The first kappa shape index (κ1) is 21.5. The number of carboxylic acids is 1. The largest absolute Gasteiger partial charge is 1.00 e. The molecule has 1 aliphatic carbocycles. The topological polar surface area (TPSA) is 50.2 Å². The number of nitrogens with zero attached hydrogens (tertiary/aromatic N) is 1. The third kappa shape index (κ3) is 4.71. The normalized spacial score (nSPS) is 17.1. The number of aromatic nitrogens is 1. The molecule has 1 saturated carbocycles. The fourth-order valence-corrected chi connectivity index (χ4v) is 2.41. The molecule has 0 bridgehead atoms. The van der Waals surface area contributed by atoms with Crippen LogP contribution in [0.1, 0.15) is 36.4 Å². The number of aryl methyl sites for hydroxylation is 1. The first-order valence-electron chi connectivity index (χ1n) is 5.97. The minimum absolute atomic E-state index is 0. The van der Waals surface area contributed by atoms with E-state index in [9.17, 15) is 18.0 Å². The van der Waals surface area contributed by atoms with Gasteiger partial charge in [0.2, 0.25) is 0 Å². The summed E-state index contributed by atoms with van der Waals surface area (Å²) < 4.78 is 39.4. The molecular weight excluding hydrogens is 404 g/mol. The summed E-state index contributed by atoms with van der Waals surface area (Å²) in [5.74, 6) is -2.34. The van der Waals surface area contributed by atoms with Gasteiger partial charge in [0.1, 0.15) is 0 Å². The number of alkyl halides is 3. The smallest absolute Gasteiger partial charge is 0.481 e. The van der Waals surface area contributed by atoms with Crippen molar-refractivity contribution in [2.24, 2.45) is 5.41 Å². The SMILES string of the molecule is Cc1ccc(C(CC(=O)O)C2(C(F)(F)F)CC2)nc1.[CH3-].[Cs+]. The van der Waals surface area contributed by atoms with E-state index in [1.165, 1.54) is 12.3 Å². The molecule has 7 heteroatoms. The van der Waals surface area contributed by atoms with Crippen molar-refractivity contribution < 1.29 is 92.0 Å². The van der Waals surface area contributed by atoms with Crippen molar-refractivity contribution in [3.8, 4) is 0 Å². The van der Waals surface area contributed by atoms with Crippen LogP contribution in [0.5, 0.6) is 0 Å². The number of carbonyl (C=O) groups is 1. The molecular formula is C14H17CsF3NO2. The molecule has 1 heterocycles. The second kappa shape index (κ2) is 7.83. The van der Waals surface area contributed by atoms with Crippen LogP contribution in [0.2, 0.25) is 0 Å². The fraction of sp³-hybridized carbons (Fsp3) is 0.500. The van der Waals surface area contributed by atoms with Gasteiger partial charge in [0.05, 0.1) is 11.8 Å². The van der Waals surface area contributed by atoms with Crippen LogP contribution in [0.25, 0.3) is 0 Å². The molecule has 0 aliphatic heterocycles. The Morgan fingerprint density at radius 2 is 2.00 bits per heavy atom. The fourth-order valence-electron chi connectivity index (χ4n) is 2.41. The standard InChI is InChI=1S/C13H14F3NO2.CH3.Cs/c1-8-2-3-10(17-7-8)9(6-11(18)19)12(4-5-12)13(14,15)16;;/h2-3,7,9H,4-6H2,1H3,(H,18,19);1H3;/q;-1;+1. The van der Waals surface area contributed by atoms with Crippen molar-refractivity contribution in [1.82, 2.24) is 4.98 Å². The van der Waals surface area contributed by atoms with Crippen LogP contribution in [0.15, 0.2) is 18.3 Å². The molecule has 21 heavy (non-hydrogen) atoms. The Morgan fingerprint density at radius 1 is 1.43 bits per heavy atom. The third-order valence-corrected chi connectivity index (χ3v) is 3.69. The summed E-state index contributed by atoms with van der Waals surface area (Å²) in [5.41, 5.74) is -0.870. The second-order valence-corrected chi connectivity index (χ2v) is 5.06. The van der Waals surface area contributed by atoms with Crippen LogP contribution in [-0.2, 0) is 4.79 Å². The molecule has 0 radical (unpaired) electrons. The zero-order valence-electron chi connectivity index (χ0n) is 12.4. The molecule has 1 unspecified atom stereocenters. The van der Waals surface area contributed by atoms with Gasteiger partial charge in [0.25, 0.3) is 0 Å². The van der Waals surface area contributed by atoms with Crippen LogP contribution >= 0.6 is 0 Å². The molecule has 3 nitrogen and oxygen atoms in total. The number of hydrogen-bond donors (Lipinski definition) is 1. The van der Waals surface area contributed by atoms with Gasteiger partial charge in [-0.25, -0.2) is 0 Å². The summed E-state index contributed by atoms with van der Waals surface area (Å²) in [7, 11) is 0. The molecule has 1 N–H and O–H groups in total. The Morgan fingerprint density at radius 3 is 2.33 bits per heavy atom. The molecule has 0 aromatic carbocycles. The molecule has 1 fully saturated rings. The van der Waals surface area contributed by atoms with Gasteiger partial charge in [-0.3, -0.25) is 9.78 Å². The average molecular weight is 421 g/mol. The minimum atomic E-state index is -4.39. The van der Waals surface area contributed by atoms with Crippen LogP contribution in [0.3, 0.4) is 0 Å². The quantitative estimate of drug-likeness (QED) is 0.731. The zero-order valence-corrected chi connectivity index (χ0v) is 18.6. The minimum Gasteiger partial charge on any atom is -0.481 e. The number of hydrogen-bond acceptors (Lipinski definition) is 2. The Bertz CT molecular complexity index is 484.